The number of carbonyl (C=O) groups is 1. The molecule has 0 aromatic heterocycles. The summed E-state index contributed by atoms with van der Waals surface area (Å²) in [4.78, 5) is 16.1. The van der Waals surface area contributed by atoms with E-state index in [1.165, 1.54) is 12.1 Å². The van der Waals surface area contributed by atoms with Crippen LogP contribution >= 0.6 is 0 Å². The quantitative estimate of drug-likeness (QED) is 0.650. The van der Waals surface area contributed by atoms with E-state index < -0.39 is 11.7 Å². The smallest absolute Gasteiger partial charge is 0.418 e. The topological polar surface area (TPSA) is 53.0 Å². The number of carbonyl (C=O) groups excluding carboxylic acids is 1. The van der Waals surface area contributed by atoms with Crippen LogP contribution in [0.15, 0.2) is 48.5 Å². The fourth-order valence-electron chi connectivity index (χ4n) is 3.95. The summed E-state index contributed by atoms with van der Waals surface area (Å²) in [6, 6.07) is 12.2. The van der Waals surface area contributed by atoms with Gasteiger partial charge in [0.15, 0.2) is 6.61 Å². The van der Waals surface area contributed by atoms with Crippen molar-refractivity contribution in [1.82, 2.24) is 4.90 Å². The maximum Gasteiger partial charge on any atom is 0.418 e. The van der Waals surface area contributed by atoms with Crippen LogP contribution in [0.3, 0.4) is 0 Å². The minimum Gasteiger partial charge on any atom is -0.484 e. The van der Waals surface area contributed by atoms with Crippen molar-refractivity contribution < 1.29 is 27.8 Å². The van der Waals surface area contributed by atoms with Gasteiger partial charge in [0.25, 0.3) is 5.91 Å². The van der Waals surface area contributed by atoms with E-state index >= 15 is 0 Å². The van der Waals surface area contributed by atoms with Crippen LogP contribution in [0.2, 0.25) is 0 Å². The summed E-state index contributed by atoms with van der Waals surface area (Å²) >= 11 is 0. The molecule has 0 spiro atoms. The second kappa shape index (κ2) is 10.3. The predicted molar refractivity (Wildman–Crippen MR) is 116 cm³/mol. The highest BCUT2D eigenvalue weighted by molar-refractivity contribution is 5.78. The molecule has 1 saturated heterocycles. The molecule has 8 heteroatoms. The number of aliphatic hydroxyl groups is 1. The van der Waals surface area contributed by atoms with Gasteiger partial charge in [-0.1, -0.05) is 38.1 Å². The van der Waals surface area contributed by atoms with Crippen LogP contribution in [0, 0.1) is 5.92 Å². The van der Waals surface area contributed by atoms with Gasteiger partial charge in [-0.05, 0) is 42.2 Å². The third-order valence-electron chi connectivity index (χ3n) is 5.51. The van der Waals surface area contributed by atoms with Crippen molar-refractivity contribution in [3.8, 4) is 5.75 Å². The van der Waals surface area contributed by atoms with E-state index in [4.69, 9.17) is 9.84 Å². The number of nitrogens with zero attached hydrogens (tertiary/aromatic N) is 2. The highest BCUT2D eigenvalue weighted by atomic mass is 19.4. The number of anilines is 1. The molecule has 1 aliphatic rings. The first-order valence-electron chi connectivity index (χ1n) is 10.7. The number of amides is 1. The molecule has 1 N–H and O–H groups in total. The Balaban J connectivity index is 1.68. The molecule has 3 rings (SSSR count). The average molecular weight is 451 g/mol. The van der Waals surface area contributed by atoms with Gasteiger partial charge in [0.1, 0.15) is 5.75 Å². The Morgan fingerprint density at radius 2 is 1.88 bits per heavy atom. The largest absolute Gasteiger partial charge is 0.484 e. The summed E-state index contributed by atoms with van der Waals surface area (Å²) in [6.45, 7) is 5.01. The molecule has 0 aliphatic carbocycles. The van der Waals surface area contributed by atoms with Gasteiger partial charge in [0.05, 0.1) is 12.2 Å². The SMILES string of the molecule is CC(C)CN(c1ccccc1C(F)(F)F)C1CCN(C(=O)COc2ccc(CO)cc2)C1. The number of aliphatic hydroxyl groups excluding tert-OH is 1. The molecule has 1 heterocycles. The Morgan fingerprint density at radius 3 is 2.50 bits per heavy atom. The van der Waals surface area contributed by atoms with Crippen LogP contribution < -0.4 is 9.64 Å². The lowest BCUT2D eigenvalue weighted by Crippen LogP contribution is -2.42. The molecule has 1 fully saturated rings. The lowest BCUT2D eigenvalue weighted by Gasteiger charge is -2.34. The molecule has 2 aromatic carbocycles. The average Bonchev–Trinajstić information content (AvgIpc) is 3.25. The Kier molecular flexibility index (Phi) is 7.66. The van der Waals surface area contributed by atoms with Gasteiger partial charge in [0, 0.05) is 31.4 Å². The molecule has 1 atom stereocenters. The Morgan fingerprint density at radius 1 is 1.19 bits per heavy atom. The molecular formula is C24H29F3N2O3. The van der Waals surface area contributed by atoms with E-state index in [9.17, 15) is 18.0 Å². The van der Waals surface area contributed by atoms with Crippen LogP contribution in [0.25, 0.3) is 0 Å². The van der Waals surface area contributed by atoms with E-state index in [1.54, 1.807) is 40.1 Å². The predicted octanol–water partition coefficient (Wildman–Crippen LogP) is 4.34. The number of hydrogen-bond acceptors (Lipinski definition) is 4. The summed E-state index contributed by atoms with van der Waals surface area (Å²) in [6.07, 6.45) is -3.85. The number of hydrogen-bond donors (Lipinski definition) is 1. The molecule has 0 bridgehead atoms. The molecule has 174 valence electrons. The Hall–Kier alpha value is -2.74. The van der Waals surface area contributed by atoms with E-state index in [2.05, 4.69) is 0 Å². The van der Waals surface area contributed by atoms with Gasteiger partial charge >= 0.3 is 6.18 Å². The number of ether oxygens (including phenoxy) is 1. The molecule has 1 amide bonds. The van der Waals surface area contributed by atoms with Crippen molar-refractivity contribution in [2.75, 3.05) is 31.1 Å². The molecule has 2 aromatic rings. The fraction of sp³-hybridized carbons (Fsp3) is 0.458. The van der Waals surface area contributed by atoms with E-state index in [-0.39, 0.29) is 36.8 Å². The second-order valence-corrected chi connectivity index (χ2v) is 8.43. The minimum atomic E-state index is -4.45. The van der Waals surface area contributed by atoms with Crippen molar-refractivity contribution in [1.29, 1.82) is 0 Å². The maximum absolute atomic E-state index is 13.6. The summed E-state index contributed by atoms with van der Waals surface area (Å²) in [5, 5.41) is 9.09. The zero-order chi connectivity index (χ0) is 23.3. The van der Waals surface area contributed by atoms with Crippen molar-refractivity contribution in [2.24, 2.45) is 5.92 Å². The van der Waals surface area contributed by atoms with Gasteiger partial charge in [-0.3, -0.25) is 4.79 Å². The first-order valence-corrected chi connectivity index (χ1v) is 10.7. The van der Waals surface area contributed by atoms with Gasteiger partial charge < -0.3 is 19.6 Å². The maximum atomic E-state index is 13.6. The van der Waals surface area contributed by atoms with Crippen LogP contribution in [0.1, 0.15) is 31.4 Å². The van der Waals surface area contributed by atoms with Crippen molar-refractivity contribution in [2.45, 2.75) is 39.1 Å². The number of benzene rings is 2. The number of rotatable bonds is 8. The number of para-hydroxylation sites is 1. The zero-order valence-electron chi connectivity index (χ0n) is 18.3. The van der Waals surface area contributed by atoms with Crippen LogP contribution in [-0.2, 0) is 17.6 Å². The molecule has 0 saturated carbocycles. The summed E-state index contributed by atoms with van der Waals surface area (Å²) in [5.41, 5.74) is 0.253. The third-order valence-corrected chi connectivity index (χ3v) is 5.51. The van der Waals surface area contributed by atoms with Crippen LogP contribution in [0.4, 0.5) is 18.9 Å². The summed E-state index contributed by atoms with van der Waals surface area (Å²) < 4.78 is 46.4. The Bertz CT molecular complexity index is 900. The first kappa shape index (κ1) is 23.9. The lowest BCUT2D eigenvalue weighted by atomic mass is 10.1. The normalized spacial score (nSPS) is 16.5. The van der Waals surface area contributed by atoms with E-state index in [0.29, 0.717) is 31.8 Å². The van der Waals surface area contributed by atoms with Crippen LogP contribution in [0.5, 0.6) is 5.75 Å². The molecule has 0 radical (unpaired) electrons. The van der Waals surface area contributed by atoms with Crippen LogP contribution in [-0.4, -0.2) is 48.2 Å². The molecule has 1 unspecified atom stereocenters. The van der Waals surface area contributed by atoms with Crippen molar-refractivity contribution >= 4 is 11.6 Å². The van der Waals surface area contributed by atoms with Gasteiger partial charge in [-0.2, -0.15) is 13.2 Å². The highest BCUT2D eigenvalue weighted by Crippen LogP contribution is 2.38. The van der Waals surface area contributed by atoms with Crippen molar-refractivity contribution in [3.05, 3.63) is 59.7 Å². The number of likely N-dealkylation sites (tertiary alicyclic amines) is 1. The van der Waals surface area contributed by atoms with E-state index in [0.717, 1.165) is 11.6 Å². The monoisotopic (exact) mass is 450 g/mol. The number of halogens is 3. The molecular weight excluding hydrogens is 421 g/mol. The van der Waals surface area contributed by atoms with Gasteiger partial charge in [-0.25, -0.2) is 0 Å². The third kappa shape index (κ3) is 5.94. The molecule has 1 aliphatic heterocycles. The summed E-state index contributed by atoms with van der Waals surface area (Å²) in [5.74, 6) is 0.477. The van der Waals surface area contributed by atoms with Crippen molar-refractivity contribution in [3.63, 3.8) is 0 Å². The van der Waals surface area contributed by atoms with Gasteiger partial charge in [0.2, 0.25) is 0 Å². The first-order chi connectivity index (χ1) is 15.2. The molecule has 5 nitrogen and oxygen atoms in total. The standard InChI is InChI=1S/C24H29F3N2O3/c1-17(2)13-29(22-6-4-3-5-21(22)24(25,26)27)19-11-12-28(14-19)23(31)16-32-20-9-7-18(15-30)8-10-20/h3-10,17,19,30H,11-16H2,1-2H3. The van der Waals surface area contributed by atoms with E-state index in [1.807, 2.05) is 13.8 Å². The minimum absolute atomic E-state index is 0.0707. The Labute approximate surface area is 186 Å². The fourth-order valence-corrected chi connectivity index (χ4v) is 3.95. The van der Waals surface area contributed by atoms with Gasteiger partial charge in [-0.15, -0.1) is 0 Å². The lowest BCUT2D eigenvalue weighted by molar-refractivity contribution is -0.137. The second-order valence-electron chi connectivity index (χ2n) is 8.43. The zero-order valence-corrected chi connectivity index (χ0v) is 18.3. The highest BCUT2D eigenvalue weighted by Gasteiger charge is 2.38. The molecule has 32 heavy (non-hydrogen) atoms. The summed E-state index contributed by atoms with van der Waals surface area (Å²) in [7, 11) is 0. The number of alkyl halides is 3.